The fourth-order valence-corrected chi connectivity index (χ4v) is 2.87. The van der Waals surface area contributed by atoms with Crippen molar-refractivity contribution in [2.24, 2.45) is 0 Å². The summed E-state index contributed by atoms with van der Waals surface area (Å²) in [4.78, 5) is 11.1. The van der Waals surface area contributed by atoms with E-state index in [9.17, 15) is 26.4 Å². The molecule has 0 bridgehead atoms. The molecule has 1 aromatic rings. The Morgan fingerprint density at radius 3 is 2.47 bits per heavy atom. The third-order valence-electron chi connectivity index (χ3n) is 2.13. The average Bonchev–Trinajstić information content (AvgIpc) is 2.74. The van der Waals surface area contributed by atoms with Gasteiger partial charge in [-0.2, -0.15) is 17.5 Å². The number of aliphatic carboxylic acids is 1. The number of hydrogen-bond acceptors (Lipinski definition) is 4. The van der Waals surface area contributed by atoms with Crippen molar-refractivity contribution in [3.05, 3.63) is 22.4 Å². The van der Waals surface area contributed by atoms with E-state index in [1.165, 1.54) is 11.3 Å². The molecule has 0 radical (unpaired) electrons. The lowest BCUT2D eigenvalue weighted by Crippen LogP contribution is -2.44. The number of nitrogens with zero attached hydrogens (tertiary/aromatic N) is 1. The molecule has 0 aliphatic rings. The second kappa shape index (κ2) is 5.88. The van der Waals surface area contributed by atoms with E-state index in [1.54, 1.807) is 17.5 Å². The Hall–Kier alpha value is -1.13. The van der Waals surface area contributed by atoms with Gasteiger partial charge >= 0.3 is 21.5 Å². The molecule has 19 heavy (non-hydrogen) atoms. The van der Waals surface area contributed by atoms with Crippen LogP contribution in [0.15, 0.2) is 17.5 Å². The van der Waals surface area contributed by atoms with Crippen molar-refractivity contribution in [1.82, 2.24) is 4.31 Å². The zero-order valence-corrected chi connectivity index (χ0v) is 11.1. The summed E-state index contributed by atoms with van der Waals surface area (Å²) in [7, 11) is -5.63. The highest BCUT2D eigenvalue weighted by Gasteiger charge is 2.50. The highest BCUT2D eigenvalue weighted by Crippen LogP contribution is 2.27. The molecule has 1 N–H and O–H groups in total. The first-order valence-corrected chi connectivity index (χ1v) is 7.27. The fraction of sp³-hybridized carbons (Fsp3) is 0.444. The van der Waals surface area contributed by atoms with Crippen molar-refractivity contribution in [3.8, 4) is 0 Å². The zero-order valence-electron chi connectivity index (χ0n) is 9.42. The highest BCUT2D eigenvalue weighted by molar-refractivity contribution is 7.90. The third-order valence-corrected chi connectivity index (χ3v) is 4.64. The van der Waals surface area contributed by atoms with Crippen LogP contribution in [0.1, 0.15) is 4.88 Å². The number of carbonyl (C=O) groups is 1. The molecular formula is C9H10F3NO4S2. The lowest BCUT2D eigenvalue weighted by molar-refractivity contribution is -0.137. The van der Waals surface area contributed by atoms with Gasteiger partial charge in [-0.05, 0) is 17.9 Å². The summed E-state index contributed by atoms with van der Waals surface area (Å²) in [6, 6.07) is 3.30. The number of carboxylic acid groups (broad SMARTS) is 1. The fourth-order valence-electron chi connectivity index (χ4n) is 1.27. The first-order valence-electron chi connectivity index (χ1n) is 4.95. The van der Waals surface area contributed by atoms with Crippen LogP contribution in [0.4, 0.5) is 13.2 Å². The molecule has 0 unspecified atom stereocenters. The van der Waals surface area contributed by atoms with Crippen LogP contribution in [0.5, 0.6) is 0 Å². The van der Waals surface area contributed by atoms with Crippen molar-refractivity contribution in [1.29, 1.82) is 0 Å². The van der Waals surface area contributed by atoms with Crippen LogP contribution in [0.25, 0.3) is 0 Å². The highest BCUT2D eigenvalue weighted by atomic mass is 32.2. The molecule has 0 aliphatic carbocycles. The van der Waals surface area contributed by atoms with Crippen LogP contribution in [-0.2, 0) is 21.2 Å². The first-order chi connectivity index (χ1) is 8.64. The van der Waals surface area contributed by atoms with Crippen molar-refractivity contribution < 1.29 is 31.5 Å². The molecule has 108 valence electrons. The molecule has 0 aromatic carbocycles. The van der Waals surface area contributed by atoms with E-state index in [2.05, 4.69) is 0 Å². The monoisotopic (exact) mass is 317 g/mol. The Kier molecular flexibility index (Phi) is 4.93. The molecule has 0 saturated carbocycles. The largest absolute Gasteiger partial charge is 0.511 e. The summed E-state index contributed by atoms with van der Waals surface area (Å²) < 4.78 is 59.4. The van der Waals surface area contributed by atoms with Gasteiger partial charge in [0.1, 0.15) is 6.54 Å². The van der Waals surface area contributed by atoms with Crippen molar-refractivity contribution >= 4 is 27.3 Å². The molecular weight excluding hydrogens is 307 g/mol. The SMILES string of the molecule is O=C(O)CN(CCc1cccs1)S(=O)(=O)C(F)(F)F. The van der Waals surface area contributed by atoms with Crippen LogP contribution in [0, 0.1) is 0 Å². The smallest absolute Gasteiger partial charge is 0.480 e. The number of thiophene rings is 1. The predicted molar refractivity (Wildman–Crippen MR) is 62.2 cm³/mol. The van der Waals surface area contributed by atoms with Gasteiger partial charge in [-0.15, -0.1) is 11.3 Å². The summed E-state index contributed by atoms with van der Waals surface area (Å²) in [5, 5.41) is 10.2. The lowest BCUT2D eigenvalue weighted by atomic mass is 10.3. The zero-order chi connectivity index (χ0) is 14.7. The lowest BCUT2D eigenvalue weighted by Gasteiger charge is -2.21. The van der Waals surface area contributed by atoms with E-state index in [-0.39, 0.29) is 10.7 Å². The Morgan fingerprint density at radius 1 is 1.42 bits per heavy atom. The van der Waals surface area contributed by atoms with Gasteiger partial charge in [-0.25, -0.2) is 8.42 Å². The summed E-state index contributed by atoms with van der Waals surface area (Å²) in [5.41, 5.74) is -5.50. The standard InChI is InChI=1S/C9H10F3NO4S2/c10-9(11,12)19(16,17)13(6-8(14)15)4-3-7-2-1-5-18-7/h1-2,5H,3-4,6H2,(H,14,15). The van der Waals surface area contributed by atoms with Crippen molar-refractivity contribution in [2.45, 2.75) is 11.9 Å². The van der Waals surface area contributed by atoms with Crippen LogP contribution in [0.2, 0.25) is 0 Å². The van der Waals surface area contributed by atoms with Gasteiger partial charge in [-0.1, -0.05) is 6.07 Å². The van der Waals surface area contributed by atoms with Gasteiger partial charge < -0.3 is 5.11 Å². The Bertz CT molecular complexity index is 524. The molecule has 1 heterocycles. The molecule has 0 fully saturated rings. The van der Waals surface area contributed by atoms with E-state index < -0.39 is 34.6 Å². The third kappa shape index (κ3) is 4.18. The van der Waals surface area contributed by atoms with Crippen LogP contribution < -0.4 is 0 Å². The van der Waals surface area contributed by atoms with E-state index in [1.807, 2.05) is 0 Å². The minimum Gasteiger partial charge on any atom is -0.480 e. The summed E-state index contributed by atoms with van der Waals surface area (Å²) in [5.74, 6) is -1.64. The topological polar surface area (TPSA) is 74.7 Å². The molecule has 5 nitrogen and oxygen atoms in total. The minimum absolute atomic E-state index is 0.0280. The molecule has 10 heteroatoms. The van der Waals surface area contributed by atoms with Crippen LogP contribution in [0.3, 0.4) is 0 Å². The molecule has 1 aromatic heterocycles. The van der Waals surface area contributed by atoms with Gasteiger partial charge in [0.05, 0.1) is 0 Å². The van der Waals surface area contributed by atoms with Crippen LogP contribution >= 0.6 is 11.3 Å². The second-order valence-corrected chi connectivity index (χ2v) is 6.47. The molecule has 0 atom stereocenters. The van der Waals surface area contributed by atoms with Crippen LogP contribution in [-0.4, -0.2) is 42.4 Å². The minimum atomic E-state index is -5.63. The quantitative estimate of drug-likeness (QED) is 0.863. The van der Waals surface area contributed by atoms with Gasteiger partial charge in [0.25, 0.3) is 0 Å². The maximum absolute atomic E-state index is 12.4. The van der Waals surface area contributed by atoms with Crippen molar-refractivity contribution in [2.75, 3.05) is 13.1 Å². The molecule has 1 rings (SSSR count). The van der Waals surface area contributed by atoms with Gasteiger partial charge in [0, 0.05) is 11.4 Å². The second-order valence-electron chi connectivity index (χ2n) is 3.51. The number of rotatable bonds is 6. The first kappa shape index (κ1) is 15.9. The van der Waals surface area contributed by atoms with Crippen molar-refractivity contribution in [3.63, 3.8) is 0 Å². The predicted octanol–water partition coefficient (Wildman–Crippen LogP) is 1.53. The van der Waals surface area contributed by atoms with Gasteiger partial charge in [0.15, 0.2) is 0 Å². The normalized spacial score (nSPS) is 12.8. The van der Waals surface area contributed by atoms with E-state index >= 15 is 0 Å². The Balaban J connectivity index is 2.86. The number of hydrogen-bond donors (Lipinski definition) is 1. The van der Waals surface area contributed by atoms with E-state index in [4.69, 9.17) is 5.11 Å². The van der Waals surface area contributed by atoms with E-state index in [0.717, 1.165) is 0 Å². The molecule has 0 aliphatic heterocycles. The summed E-state index contributed by atoms with van der Waals surface area (Å²) in [6.07, 6.45) is 0.0280. The maximum Gasteiger partial charge on any atom is 0.511 e. The van der Waals surface area contributed by atoms with Gasteiger partial charge in [-0.3, -0.25) is 4.79 Å². The number of carboxylic acids is 1. The summed E-state index contributed by atoms with van der Waals surface area (Å²) in [6.45, 7) is -1.75. The average molecular weight is 317 g/mol. The molecule has 0 amide bonds. The Morgan fingerprint density at radius 2 is 2.05 bits per heavy atom. The maximum atomic E-state index is 12.4. The summed E-state index contributed by atoms with van der Waals surface area (Å²) >= 11 is 1.25. The number of halogens is 3. The number of alkyl halides is 3. The molecule has 0 saturated heterocycles. The number of sulfonamides is 1. The van der Waals surface area contributed by atoms with E-state index in [0.29, 0.717) is 4.88 Å². The molecule has 0 spiro atoms. The Labute approximate surface area is 111 Å². The van der Waals surface area contributed by atoms with Gasteiger partial charge in [0.2, 0.25) is 0 Å².